The first-order valence-corrected chi connectivity index (χ1v) is 8.54. The maximum Gasteiger partial charge on any atom is 0.132 e. The number of hydrogen-bond donors (Lipinski definition) is 0. The van der Waals surface area contributed by atoms with Crippen LogP contribution in [0.5, 0.6) is 0 Å². The minimum atomic E-state index is -2.54. The van der Waals surface area contributed by atoms with E-state index in [-0.39, 0.29) is 23.8 Å². The summed E-state index contributed by atoms with van der Waals surface area (Å²) in [6, 6.07) is 3.58. The number of methoxy groups -OCH3 is 1. The molecule has 0 bridgehead atoms. The molecule has 0 fully saturated rings. The summed E-state index contributed by atoms with van der Waals surface area (Å²) in [5.74, 6) is 3.77. The van der Waals surface area contributed by atoms with Crippen LogP contribution in [0, 0.1) is 0 Å². The first-order valence-electron chi connectivity index (χ1n) is 5.43. The van der Waals surface area contributed by atoms with Crippen molar-refractivity contribution in [3.63, 3.8) is 0 Å². The van der Waals surface area contributed by atoms with Gasteiger partial charge < -0.3 is 10.2 Å². The van der Waals surface area contributed by atoms with E-state index < -0.39 is 14.2 Å². The lowest BCUT2D eigenvalue weighted by molar-refractivity contribution is -0.119. The summed E-state index contributed by atoms with van der Waals surface area (Å²) in [4.78, 5) is 11.1. The van der Waals surface area contributed by atoms with Gasteiger partial charge in [0.1, 0.15) is 10.5 Å². The van der Waals surface area contributed by atoms with E-state index >= 15 is 0 Å². The molecule has 0 radical (unpaired) electrons. The van der Waals surface area contributed by atoms with Gasteiger partial charge in [0.15, 0.2) is 0 Å². The number of rotatable bonds is 7. The standard InChI is InChI=1S/C12H17ClO3S2.H2O/c1-9(14)7-10(16-2)8-11(13)18(3,15)12-5-4-6-17-12;/h4-6,10-11H,3,7-8H2,1-2H3;1H2. The number of ether oxygens (including phenoxy) is 1. The molecule has 0 spiro atoms. The SMILES string of the molecule is C=S(=O)(c1cccs1)C(Cl)CC(CC(C)=O)OC.O. The first-order chi connectivity index (χ1) is 8.37. The van der Waals surface area contributed by atoms with E-state index in [1.54, 1.807) is 6.07 Å². The molecule has 0 aliphatic carbocycles. The van der Waals surface area contributed by atoms with Crippen LogP contribution in [0.4, 0.5) is 0 Å². The van der Waals surface area contributed by atoms with E-state index in [1.165, 1.54) is 25.4 Å². The summed E-state index contributed by atoms with van der Waals surface area (Å²) in [6.45, 7) is 1.50. The first kappa shape index (κ1) is 18.6. The van der Waals surface area contributed by atoms with E-state index in [0.717, 1.165) is 0 Å². The highest BCUT2D eigenvalue weighted by Crippen LogP contribution is 2.27. The summed E-state index contributed by atoms with van der Waals surface area (Å²) in [5, 5.41) is 1.84. The number of hydrogen-bond acceptors (Lipinski definition) is 4. The summed E-state index contributed by atoms with van der Waals surface area (Å²) < 4.78 is 17.7. The molecule has 7 heteroatoms. The third-order valence-corrected chi connectivity index (χ3v) is 7.22. The lowest BCUT2D eigenvalue weighted by atomic mass is 10.1. The minimum absolute atomic E-state index is 0. The summed E-state index contributed by atoms with van der Waals surface area (Å²) in [7, 11) is -1.02. The molecule has 0 amide bonds. The van der Waals surface area contributed by atoms with Crippen molar-refractivity contribution in [1.29, 1.82) is 0 Å². The number of alkyl halides is 1. The topological polar surface area (TPSA) is 74.9 Å². The number of ketones is 1. The van der Waals surface area contributed by atoms with Crippen molar-refractivity contribution in [2.75, 3.05) is 7.11 Å². The quantitative estimate of drug-likeness (QED) is 0.567. The van der Waals surface area contributed by atoms with Gasteiger partial charge in [-0.1, -0.05) is 6.07 Å². The molecule has 1 heterocycles. The Morgan fingerprint density at radius 3 is 2.68 bits per heavy atom. The second-order valence-electron chi connectivity index (χ2n) is 4.07. The van der Waals surface area contributed by atoms with E-state index in [1.807, 2.05) is 11.4 Å². The van der Waals surface area contributed by atoms with Crippen LogP contribution in [-0.4, -0.2) is 39.3 Å². The van der Waals surface area contributed by atoms with Crippen LogP contribution >= 0.6 is 22.9 Å². The molecule has 3 atom stereocenters. The maximum atomic E-state index is 12.5. The Morgan fingerprint density at radius 1 is 1.63 bits per heavy atom. The molecule has 0 aromatic carbocycles. The van der Waals surface area contributed by atoms with Gasteiger partial charge >= 0.3 is 0 Å². The Hall–Kier alpha value is -0.400. The van der Waals surface area contributed by atoms with Gasteiger partial charge in [-0.05, 0) is 24.2 Å². The average molecular weight is 327 g/mol. The maximum absolute atomic E-state index is 12.5. The normalized spacial score (nSPS) is 17.0. The number of thiophene rings is 1. The highest BCUT2D eigenvalue weighted by molar-refractivity contribution is 8.03. The number of Topliss-reactive ketones (excluding diaryl/α,β-unsaturated/α-hetero) is 1. The molecule has 2 N–H and O–H groups in total. The Labute approximate surface area is 123 Å². The van der Waals surface area contributed by atoms with Gasteiger partial charge in [0.05, 0.1) is 10.3 Å². The number of carbonyl (C=O) groups is 1. The zero-order chi connectivity index (χ0) is 13.8. The largest absolute Gasteiger partial charge is 0.412 e. The highest BCUT2D eigenvalue weighted by Gasteiger charge is 2.24. The van der Waals surface area contributed by atoms with Gasteiger partial charge in [0.25, 0.3) is 0 Å². The molecule has 1 aromatic rings. The Morgan fingerprint density at radius 2 is 2.26 bits per heavy atom. The lowest BCUT2D eigenvalue weighted by Crippen LogP contribution is -2.24. The fourth-order valence-electron chi connectivity index (χ4n) is 1.53. The molecule has 19 heavy (non-hydrogen) atoms. The van der Waals surface area contributed by atoms with Gasteiger partial charge in [0.2, 0.25) is 0 Å². The zero-order valence-corrected chi connectivity index (χ0v) is 13.3. The molecule has 0 saturated carbocycles. The third-order valence-electron chi connectivity index (χ3n) is 2.55. The second-order valence-corrected chi connectivity index (χ2v) is 8.52. The molecule has 4 nitrogen and oxygen atoms in total. The molecule has 0 aliphatic rings. The fourth-order valence-corrected chi connectivity index (χ4v) is 4.88. The van der Waals surface area contributed by atoms with Crippen LogP contribution in [0.25, 0.3) is 0 Å². The van der Waals surface area contributed by atoms with Crippen molar-refractivity contribution < 1.29 is 19.2 Å². The third kappa shape index (κ3) is 5.24. The van der Waals surface area contributed by atoms with Crippen LogP contribution in [0.15, 0.2) is 21.7 Å². The Balaban J connectivity index is 0.00000324. The predicted octanol–water partition coefficient (Wildman–Crippen LogP) is 1.95. The molecule has 110 valence electrons. The lowest BCUT2D eigenvalue weighted by Gasteiger charge is -2.19. The van der Waals surface area contributed by atoms with Crippen molar-refractivity contribution in [2.45, 2.75) is 34.8 Å². The van der Waals surface area contributed by atoms with Gasteiger partial charge in [-0.3, -0.25) is 9.00 Å². The second kappa shape index (κ2) is 8.01. The van der Waals surface area contributed by atoms with Gasteiger partial charge in [-0.2, -0.15) is 0 Å². The van der Waals surface area contributed by atoms with Crippen LogP contribution in [-0.2, 0) is 19.1 Å². The fraction of sp³-hybridized carbons (Fsp3) is 0.500. The van der Waals surface area contributed by atoms with Crippen LogP contribution in [0.1, 0.15) is 19.8 Å². The smallest absolute Gasteiger partial charge is 0.132 e. The monoisotopic (exact) mass is 326 g/mol. The van der Waals surface area contributed by atoms with E-state index in [0.29, 0.717) is 10.6 Å². The number of carbonyl (C=O) groups excluding carboxylic acids is 1. The molecule has 3 unspecified atom stereocenters. The molecular formula is C12H19ClO4S2. The van der Waals surface area contributed by atoms with E-state index in [9.17, 15) is 9.00 Å². The molecular weight excluding hydrogens is 308 g/mol. The van der Waals surface area contributed by atoms with Gasteiger partial charge in [-0.15, -0.1) is 22.9 Å². The Kier molecular flexibility index (Phi) is 7.85. The molecule has 1 rings (SSSR count). The van der Waals surface area contributed by atoms with Crippen molar-refractivity contribution in [1.82, 2.24) is 0 Å². The molecule has 1 aromatic heterocycles. The summed E-state index contributed by atoms with van der Waals surface area (Å²) in [6.07, 6.45) is 0.310. The van der Waals surface area contributed by atoms with Crippen LogP contribution < -0.4 is 0 Å². The molecule has 0 saturated heterocycles. The Bertz CT molecular complexity index is 482. The van der Waals surface area contributed by atoms with E-state index in [2.05, 4.69) is 5.87 Å². The predicted molar refractivity (Wildman–Crippen MR) is 81.8 cm³/mol. The van der Waals surface area contributed by atoms with E-state index in [4.69, 9.17) is 16.3 Å². The van der Waals surface area contributed by atoms with Crippen molar-refractivity contribution in [3.05, 3.63) is 17.5 Å². The van der Waals surface area contributed by atoms with Gasteiger partial charge in [0, 0.05) is 29.5 Å². The highest BCUT2D eigenvalue weighted by atomic mass is 35.5. The summed E-state index contributed by atoms with van der Waals surface area (Å²) >= 11 is 7.57. The summed E-state index contributed by atoms with van der Waals surface area (Å²) in [5.41, 5.74) is 0. The number of halogens is 1. The van der Waals surface area contributed by atoms with Crippen molar-refractivity contribution >= 4 is 44.1 Å². The minimum Gasteiger partial charge on any atom is -0.412 e. The average Bonchev–Trinajstić information content (AvgIpc) is 2.81. The zero-order valence-electron chi connectivity index (χ0n) is 10.9. The molecule has 0 aliphatic heterocycles. The van der Waals surface area contributed by atoms with Crippen molar-refractivity contribution in [2.24, 2.45) is 0 Å². The van der Waals surface area contributed by atoms with Crippen LogP contribution in [0.3, 0.4) is 0 Å². The van der Waals surface area contributed by atoms with Crippen molar-refractivity contribution in [3.8, 4) is 0 Å². The van der Waals surface area contributed by atoms with Crippen LogP contribution in [0.2, 0.25) is 0 Å². The van der Waals surface area contributed by atoms with Gasteiger partial charge in [-0.25, -0.2) is 0 Å².